The van der Waals surface area contributed by atoms with E-state index < -0.39 is 0 Å². The Kier molecular flexibility index (Phi) is 4.02. The molecule has 1 N–H and O–H groups in total. The molecule has 0 bridgehead atoms. The maximum absolute atomic E-state index is 5.91. The van der Waals surface area contributed by atoms with E-state index in [4.69, 9.17) is 4.74 Å². The Morgan fingerprint density at radius 2 is 2.40 bits per heavy atom. The predicted octanol–water partition coefficient (Wildman–Crippen LogP) is 2.70. The Bertz CT molecular complexity index is 551. The van der Waals surface area contributed by atoms with Crippen LogP contribution in [0.1, 0.15) is 30.0 Å². The Morgan fingerprint density at radius 1 is 1.45 bits per heavy atom. The minimum Gasteiger partial charge on any atom is -0.493 e. The molecular weight excluding hydrogens is 250 g/mol. The van der Waals surface area contributed by atoms with Gasteiger partial charge < -0.3 is 14.6 Å². The van der Waals surface area contributed by atoms with Crippen molar-refractivity contribution in [1.29, 1.82) is 0 Å². The number of rotatable bonds is 4. The molecule has 0 radical (unpaired) electrons. The van der Waals surface area contributed by atoms with E-state index in [1.165, 1.54) is 11.1 Å². The maximum atomic E-state index is 5.91. The third-order valence-corrected chi connectivity index (χ3v) is 3.82. The van der Waals surface area contributed by atoms with Crippen LogP contribution in [0, 0.1) is 6.92 Å². The molecule has 106 valence electrons. The van der Waals surface area contributed by atoms with Gasteiger partial charge in [-0.3, -0.25) is 0 Å². The number of imidazole rings is 1. The lowest BCUT2D eigenvalue weighted by molar-refractivity contribution is 0.313. The summed E-state index contributed by atoms with van der Waals surface area (Å²) in [7, 11) is 0. The summed E-state index contributed by atoms with van der Waals surface area (Å²) in [6.07, 6.45) is 7.89. The average molecular weight is 271 g/mol. The van der Waals surface area contributed by atoms with Crippen LogP contribution in [-0.4, -0.2) is 22.7 Å². The zero-order chi connectivity index (χ0) is 13.8. The number of ether oxygens (including phenoxy) is 1. The van der Waals surface area contributed by atoms with Crippen molar-refractivity contribution in [3.05, 3.63) is 48.0 Å². The van der Waals surface area contributed by atoms with Gasteiger partial charge in [0.2, 0.25) is 0 Å². The molecule has 1 aliphatic rings. The van der Waals surface area contributed by atoms with E-state index in [2.05, 4.69) is 40.0 Å². The van der Waals surface area contributed by atoms with Crippen LogP contribution in [0.4, 0.5) is 0 Å². The van der Waals surface area contributed by atoms with Crippen molar-refractivity contribution in [3.63, 3.8) is 0 Å². The standard InChI is InChI=1S/C16H21N3O/c1-13-4-2-5-14-15(6-3-11-20-16(13)14)18-8-10-19-9-7-17-12-19/h2,4-5,7,9,12,15,18H,3,6,8,10-11H2,1H3. The summed E-state index contributed by atoms with van der Waals surface area (Å²) in [4.78, 5) is 4.07. The molecule has 0 aliphatic carbocycles. The van der Waals surface area contributed by atoms with Crippen molar-refractivity contribution in [1.82, 2.24) is 14.9 Å². The Hall–Kier alpha value is -1.81. The molecule has 0 amide bonds. The van der Waals surface area contributed by atoms with Gasteiger partial charge in [-0.2, -0.15) is 0 Å². The molecule has 1 unspecified atom stereocenters. The molecule has 2 aromatic rings. The first kappa shape index (κ1) is 13.2. The molecule has 4 nitrogen and oxygen atoms in total. The predicted molar refractivity (Wildman–Crippen MR) is 78.9 cm³/mol. The van der Waals surface area contributed by atoms with Gasteiger partial charge in [0.1, 0.15) is 5.75 Å². The first-order valence-corrected chi connectivity index (χ1v) is 7.26. The maximum Gasteiger partial charge on any atom is 0.126 e. The molecule has 0 spiro atoms. The van der Waals surface area contributed by atoms with Gasteiger partial charge in [0.15, 0.2) is 0 Å². The van der Waals surface area contributed by atoms with E-state index in [1.807, 2.05) is 18.7 Å². The highest BCUT2D eigenvalue weighted by molar-refractivity contribution is 5.43. The highest BCUT2D eigenvalue weighted by Gasteiger charge is 2.20. The number of nitrogens with zero attached hydrogens (tertiary/aromatic N) is 2. The zero-order valence-corrected chi connectivity index (χ0v) is 11.9. The van der Waals surface area contributed by atoms with Gasteiger partial charge in [-0.05, 0) is 25.3 Å². The summed E-state index contributed by atoms with van der Waals surface area (Å²) in [6.45, 7) is 4.82. The van der Waals surface area contributed by atoms with Crippen molar-refractivity contribution < 1.29 is 4.74 Å². The minimum absolute atomic E-state index is 0.385. The monoisotopic (exact) mass is 271 g/mol. The second-order valence-electron chi connectivity index (χ2n) is 5.29. The van der Waals surface area contributed by atoms with E-state index in [0.29, 0.717) is 6.04 Å². The van der Waals surface area contributed by atoms with Gasteiger partial charge >= 0.3 is 0 Å². The number of hydrogen-bond donors (Lipinski definition) is 1. The molecule has 1 atom stereocenters. The van der Waals surface area contributed by atoms with Crippen LogP contribution in [0.3, 0.4) is 0 Å². The molecule has 0 saturated heterocycles. The van der Waals surface area contributed by atoms with Crippen molar-refractivity contribution in [2.45, 2.75) is 32.4 Å². The fourth-order valence-electron chi connectivity index (χ4n) is 2.76. The summed E-state index contributed by atoms with van der Waals surface area (Å²) in [5.74, 6) is 1.07. The van der Waals surface area contributed by atoms with Crippen LogP contribution in [0.5, 0.6) is 5.75 Å². The number of benzene rings is 1. The highest BCUT2D eigenvalue weighted by Crippen LogP contribution is 2.33. The van der Waals surface area contributed by atoms with Crippen LogP contribution < -0.4 is 10.1 Å². The number of aromatic nitrogens is 2. The SMILES string of the molecule is Cc1cccc2c1OCCCC2NCCn1ccnc1. The first-order chi connectivity index (χ1) is 9.84. The van der Waals surface area contributed by atoms with Gasteiger partial charge in [0.25, 0.3) is 0 Å². The summed E-state index contributed by atoms with van der Waals surface area (Å²) in [6, 6.07) is 6.80. The van der Waals surface area contributed by atoms with Crippen molar-refractivity contribution in [2.24, 2.45) is 0 Å². The Balaban J connectivity index is 1.68. The summed E-state index contributed by atoms with van der Waals surface area (Å²) in [5, 5.41) is 3.65. The van der Waals surface area contributed by atoms with E-state index >= 15 is 0 Å². The highest BCUT2D eigenvalue weighted by atomic mass is 16.5. The Labute approximate surface area is 119 Å². The number of aryl methyl sites for hydroxylation is 1. The number of hydrogen-bond acceptors (Lipinski definition) is 3. The number of para-hydroxylation sites is 1. The van der Waals surface area contributed by atoms with Gasteiger partial charge in [0.05, 0.1) is 12.9 Å². The van der Waals surface area contributed by atoms with E-state index in [9.17, 15) is 0 Å². The summed E-state index contributed by atoms with van der Waals surface area (Å²) < 4.78 is 8.00. The van der Waals surface area contributed by atoms with E-state index in [1.54, 1.807) is 0 Å². The fraction of sp³-hybridized carbons (Fsp3) is 0.438. The minimum atomic E-state index is 0.385. The van der Waals surface area contributed by atoms with Crippen molar-refractivity contribution in [2.75, 3.05) is 13.2 Å². The number of nitrogens with one attached hydrogen (secondary N) is 1. The van der Waals surface area contributed by atoms with Crippen LogP contribution in [0.15, 0.2) is 36.9 Å². The van der Waals surface area contributed by atoms with Crippen LogP contribution in [0.25, 0.3) is 0 Å². The lowest BCUT2D eigenvalue weighted by atomic mass is 10.00. The van der Waals surface area contributed by atoms with Crippen LogP contribution in [0.2, 0.25) is 0 Å². The van der Waals surface area contributed by atoms with Gasteiger partial charge in [-0.1, -0.05) is 18.2 Å². The second kappa shape index (κ2) is 6.09. The second-order valence-corrected chi connectivity index (χ2v) is 5.29. The quantitative estimate of drug-likeness (QED) is 0.929. The fourth-order valence-corrected chi connectivity index (χ4v) is 2.76. The van der Waals surface area contributed by atoms with Gasteiger partial charge in [0, 0.05) is 37.1 Å². The molecule has 1 aromatic carbocycles. The number of fused-ring (bicyclic) bond motifs is 1. The molecule has 4 heteroatoms. The smallest absolute Gasteiger partial charge is 0.126 e. The third kappa shape index (κ3) is 2.85. The molecule has 2 heterocycles. The summed E-state index contributed by atoms with van der Waals surface area (Å²) >= 11 is 0. The lowest BCUT2D eigenvalue weighted by Crippen LogP contribution is -2.25. The van der Waals surface area contributed by atoms with E-state index in [-0.39, 0.29) is 0 Å². The zero-order valence-electron chi connectivity index (χ0n) is 11.9. The van der Waals surface area contributed by atoms with Crippen LogP contribution >= 0.6 is 0 Å². The largest absolute Gasteiger partial charge is 0.493 e. The molecule has 1 aliphatic heterocycles. The topological polar surface area (TPSA) is 39.1 Å². The van der Waals surface area contributed by atoms with Crippen molar-refractivity contribution >= 4 is 0 Å². The lowest BCUT2D eigenvalue weighted by Gasteiger charge is -2.19. The molecule has 20 heavy (non-hydrogen) atoms. The molecule has 1 aromatic heterocycles. The van der Waals surface area contributed by atoms with Crippen LogP contribution in [-0.2, 0) is 6.54 Å². The van der Waals surface area contributed by atoms with Gasteiger partial charge in [-0.15, -0.1) is 0 Å². The summed E-state index contributed by atoms with van der Waals surface area (Å²) in [5.41, 5.74) is 2.53. The average Bonchev–Trinajstić information content (AvgIpc) is 2.87. The first-order valence-electron chi connectivity index (χ1n) is 7.26. The molecule has 0 fully saturated rings. The normalized spacial score (nSPS) is 18.1. The third-order valence-electron chi connectivity index (χ3n) is 3.82. The molecular formula is C16H21N3O. The molecule has 0 saturated carbocycles. The van der Waals surface area contributed by atoms with E-state index in [0.717, 1.165) is 38.3 Å². The molecule has 3 rings (SSSR count). The van der Waals surface area contributed by atoms with Gasteiger partial charge in [-0.25, -0.2) is 4.98 Å². The Morgan fingerprint density at radius 3 is 3.25 bits per heavy atom. The van der Waals surface area contributed by atoms with Crippen molar-refractivity contribution in [3.8, 4) is 5.75 Å².